The number of hydrogen-bond donors (Lipinski definition) is 1. The van der Waals surface area contributed by atoms with Gasteiger partial charge in [0.2, 0.25) is 0 Å². The molecule has 0 bridgehead atoms. The zero-order valence-electron chi connectivity index (χ0n) is 8.77. The number of carboxylic acid groups (broad SMARTS) is 1. The van der Waals surface area contributed by atoms with E-state index in [1.165, 1.54) is 17.9 Å². The standard InChI is InChI=1S/C11H14FNO2/c1-3-13(8(2)11(14)15)10-7-5-4-6-9(10)12/h4-8H,3H2,1-2H3,(H,14,15)/t8-/m1/s1. The fourth-order valence-electron chi connectivity index (χ4n) is 1.47. The van der Waals surface area contributed by atoms with Crippen LogP contribution in [0.3, 0.4) is 0 Å². The van der Waals surface area contributed by atoms with Crippen molar-refractivity contribution >= 4 is 11.7 Å². The van der Waals surface area contributed by atoms with Crippen molar-refractivity contribution in [3.63, 3.8) is 0 Å². The lowest BCUT2D eigenvalue weighted by Gasteiger charge is -2.27. The highest BCUT2D eigenvalue weighted by atomic mass is 19.1. The van der Waals surface area contributed by atoms with Crippen LogP contribution in [0, 0.1) is 5.82 Å². The van der Waals surface area contributed by atoms with E-state index in [0.717, 1.165) is 0 Å². The Balaban J connectivity index is 3.02. The molecule has 15 heavy (non-hydrogen) atoms. The molecule has 0 spiro atoms. The average molecular weight is 211 g/mol. The van der Waals surface area contributed by atoms with Crippen LogP contribution in [0.15, 0.2) is 24.3 Å². The zero-order chi connectivity index (χ0) is 11.4. The summed E-state index contributed by atoms with van der Waals surface area (Å²) in [5.74, 6) is -1.35. The number of anilines is 1. The number of aliphatic carboxylic acids is 1. The molecule has 1 aromatic carbocycles. The smallest absolute Gasteiger partial charge is 0.326 e. The number of nitrogens with zero attached hydrogens (tertiary/aromatic N) is 1. The molecule has 0 radical (unpaired) electrons. The topological polar surface area (TPSA) is 40.5 Å². The molecule has 1 atom stereocenters. The van der Waals surface area contributed by atoms with Crippen molar-refractivity contribution < 1.29 is 14.3 Å². The van der Waals surface area contributed by atoms with E-state index in [4.69, 9.17) is 5.11 Å². The maximum absolute atomic E-state index is 13.4. The molecule has 0 amide bonds. The van der Waals surface area contributed by atoms with Gasteiger partial charge in [-0.05, 0) is 26.0 Å². The molecule has 3 nitrogen and oxygen atoms in total. The van der Waals surface area contributed by atoms with Crippen LogP contribution in [0.2, 0.25) is 0 Å². The first-order valence-electron chi connectivity index (χ1n) is 4.82. The largest absolute Gasteiger partial charge is 0.480 e. The summed E-state index contributed by atoms with van der Waals surface area (Å²) in [4.78, 5) is 12.3. The fourth-order valence-corrected chi connectivity index (χ4v) is 1.47. The van der Waals surface area contributed by atoms with Gasteiger partial charge in [-0.25, -0.2) is 9.18 Å². The van der Waals surface area contributed by atoms with E-state index in [1.54, 1.807) is 25.1 Å². The van der Waals surface area contributed by atoms with Crippen molar-refractivity contribution in [2.75, 3.05) is 11.4 Å². The third-order valence-electron chi connectivity index (χ3n) is 2.33. The highest BCUT2D eigenvalue weighted by molar-refractivity contribution is 5.77. The fraction of sp³-hybridized carbons (Fsp3) is 0.364. The van der Waals surface area contributed by atoms with E-state index < -0.39 is 17.8 Å². The molecule has 82 valence electrons. The summed E-state index contributed by atoms with van der Waals surface area (Å²) in [6.07, 6.45) is 0. The number of para-hydroxylation sites is 1. The Bertz CT molecular complexity index is 354. The molecule has 0 aliphatic carbocycles. The van der Waals surface area contributed by atoms with E-state index in [1.807, 2.05) is 0 Å². The summed E-state index contributed by atoms with van der Waals surface area (Å²) in [7, 11) is 0. The van der Waals surface area contributed by atoms with Gasteiger partial charge in [-0.15, -0.1) is 0 Å². The van der Waals surface area contributed by atoms with Gasteiger partial charge in [-0.2, -0.15) is 0 Å². The van der Waals surface area contributed by atoms with Crippen LogP contribution in [-0.2, 0) is 4.79 Å². The molecule has 0 heterocycles. The predicted octanol–water partition coefficient (Wildman–Crippen LogP) is 2.13. The molecule has 1 N–H and O–H groups in total. The van der Waals surface area contributed by atoms with Crippen LogP contribution in [0.5, 0.6) is 0 Å². The van der Waals surface area contributed by atoms with E-state index in [9.17, 15) is 9.18 Å². The summed E-state index contributed by atoms with van der Waals surface area (Å²) < 4.78 is 13.4. The number of benzene rings is 1. The first-order chi connectivity index (χ1) is 7.07. The molecule has 4 heteroatoms. The monoisotopic (exact) mass is 211 g/mol. The lowest BCUT2D eigenvalue weighted by molar-refractivity contribution is -0.138. The van der Waals surface area contributed by atoms with Crippen molar-refractivity contribution in [2.24, 2.45) is 0 Å². The van der Waals surface area contributed by atoms with Gasteiger partial charge in [0.1, 0.15) is 11.9 Å². The van der Waals surface area contributed by atoms with Crippen molar-refractivity contribution in [2.45, 2.75) is 19.9 Å². The molecule has 0 fully saturated rings. The van der Waals surface area contributed by atoms with Crippen LogP contribution >= 0.6 is 0 Å². The third-order valence-corrected chi connectivity index (χ3v) is 2.33. The molecule has 0 aromatic heterocycles. The highest BCUT2D eigenvalue weighted by Crippen LogP contribution is 2.20. The Morgan fingerprint density at radius 1 is 1.53 bits per heavy atom. The molecular weight excluding hydrogens is 197 g/mol. The molecular formula is C11H14FNO2. The quantitative estimate of drug-likeness (QED) is 0.829. The minimum Gasteiger partial charge on any atom is -0.480 e. The van der Waals surface area contributed by atoms with Gasteiger partial charge in [-0.1, -0.05) is 12.1 Å². The predicted molar refractivity (Wildman–Crippen MR) is 56.5 cm³/mol. The molecule has 0 saturated carbocycles. The number of likely N-dealkylation sites (N-methyl/N-ethyl adjacent to an activating group) is 1. The summed E-state index contributed by atoms with van der Waals surface area (Å²) >= 11 is 0. The Labute approximate surface area is 88.1 Å². The second-order valence-corrected chi connectivity index (χ2v) is 3.25. The van der Waals surface area contributed by atoms with Gasteiger partial charge in [0.15, 0.2) is 0 Å². The third kappa shape index (κ3) is 2.46. The molecule has 0 aliphatic heterocycles. The van der Waals surface area contributed by atoms with Crippen molar-refractivity contribution in [1.82, 2.24) is 0 Å². The summed E-state index contributed by atoms with van der Waals surface area (Å²) in [6, 6.07) is 5.45. The minimum absolute atomic E-state index is 0.329. The van der Waals surface area contributed by atoms with Gasteiger partial charge >= 0.3 is 5.97 Å². The lowest BCUT2D eigenvalue weighted by Crippen LogP contribution is -2.39. The minimum atomic E-state index is -0.958. The van der Waals surface area contributed by atoms with Crippen LogP contribution in [0.1, 0.15) is 13.8 Å². The van der Waals surface area contributed by atoms with Crippen molar-refractivity contribution in [3.05, 3.63) is 30.1 Å². The highest BCUT2D eigenvalue weighted by Gasteiger charge is 2.21. The van der Waals surface area contributed by atoms with Crippen molar-refractivity contribution in [1.29, 1.82) is 0 Å². The zero-order valence-corrected chi connectivity index (χ0v) is 8.77. The molecule has 1 rings (SSSR count). The lowest BCUT2D eigenvalue weighted by atomic mass is 10.2. The van der Waals surface area contributed by atoms with Crippen LogP contribution in [0.25, 0.3) is 0 Å². The number of halogens is 1. The Morgan fingerprint density at radius 2 is 2.13 bits per heavy atom. The van der Waals surface area contributed by atoms with Gasteiger partial charge in [0.05, 0.1) is 5.69 Å². The molecule has 0 saturated heterocycles. The van der Waals surface area contributed by atoms with Gasteiger partial charge < -0.3 is 10.0 Å². The van der Waals surface area contributed by atoms with Gasteiger partial charge in [-0.3, -0.25) is 0 Å². The molecule has 0 aliphatic rings. The first kappa shape index (κ1) is 11.5. The Morgan fingerprint density at radius 3 is 2.60 bits per heavy atom. The summed E-state index contributed by atoms with van der Waals surface area (Å²) in [6.45, 7) is 3.79. The SMILES string of the molecule is CCN(c1ccccc1F)[C@H](C)C(=O)O. The number of hydrogen-bond acceptors (Lipinski definition) is 2. The molecule has 0 unspecified atom stereocenters. The summed E-state index contributed by atoms with van der Waals surface area (Å²) in [5, 5.41) is 8.87. The van der Waals surface area contributed by atoms with E-state index in [-0.39, 0.29) is 0 Å². The maximum atomic E-state index is 13.4. The van der Waals surface area contributed by atoms with E-state index in [0.29, 0.717) is 12.2 Å². The number of carbonyl (C=O) groups is 1. The summed E-state index contributed by atoms with van der Waals surface area (Å²) in [5.41, 5.74) is 0.329. The molecule has 1 aromatic rings. The first-order valence-corrected chi connectivity index (χ1v) is 4.82. The number of rotatable bonds is 4. The van der Waals surface area contributed by atoms with E-state index >= 15 is 0 Å². The van der Waals surface area contributed by atoms with Gasteiger partial charge in [0.25, 0.3) is 0 Å². The van der Waals surface area contributed by atoms with Crippen LogP contribution in [0.4, 0.5) is 10.1 Å². The van der Waals surface area contributed by atoms with E-state index in [2.05, 4.69) is 0 Å². The van der Waals surface area contributed by atoms with Crippen LogP contribution < -0.4 is 4.90 Å². The van der Waals surface area contributed by atoms with Crippen LogP contribution in [-0.4, -0.2) is 23.7 Å². The average Bonchev–Trinajstić information content (AvgIpc) is 2.21. The Kier molecular flexibility index (Phi) is 3.66. The normalized spacial score (nSPS) is 12.2. The maximum Gasteiger partial charge on any atom is 0.326 e. The Hall–Kier alpha value is -1.58. The van der Waals surface area contributed by atoms with Crippen molar-refractivity contribution in [3.8, 4) is 0 Å². The number of carboxylic acids is 1. The second-order valence-electron chi connectivity index (χ2n) is 3.25. The second kappa shape index (κ2) is 4.77. The van der Waals surface area contributed by atoms with Gasteiger partial charge in [0, 0.05) is 6.54 Å².